The molecule has 3 aliphatic heterocycles. The highest BCUT2D eigenvalue weighted by atomic mass is 79.9. The summed E-state index contributed by atoms with van der Waals surface area (Å²) >= 11 is 3.42. The molecule has 3 aliphatic rings. The highest BCUT2D eigenvalue weighted by Crippen LogP contribution is 2.37. The first-order valence-corrected chi connectivity index (χ1v) is 12.8. The quantitative estimate of drug-likeness (QED) is 0.657. The number of rotatable bonds is 4. The van der Waals surface area contributed by atoms with E-state index in [9.17, 15) is 23.1 Å². The number of hydrogen-bond donors (Lipinski definition) is 1. The van der Waals surface area contributed by atoms with Gasteiger partial charge in [0.1, 0.15) is 0 Å². The Bertz CT molecular complexity index is 996. The van der Waals surface area contributed by atoms with Crippen LogP contribution in [0.1, 0.15) is 25.3 Å². The molecule has 0 aliphatic carbocycles. The fraction of sp³-hybridized carbons (Fsp3) is 0.600. The number of nitrogens with zero attached hydrogens (tertiary/aromatic N) is 4. The van der Waals surface area contributed by atoms with E-state index in [-0.39, 0.29) is 23.4 Å². The molecular weight excluding hydrogens is 488 g/mol. The second-order valence-corrected chi connectivity index (χ2v) is 11.1. The van der Waals surface area contributed by atoms with Crippen LogP contribution in [0.4, 0.5) is 10.5 Å². The number of benzene rings is 1. The van der Waals surface area contributed by atoms with E-state index in [1.807, 2.05) is 17.9 Å². The third kappa shape index (κ3) is 4.33. The van der Waals surface area contributed by atoms with Crippen molar-refractivity contribution in [2.24, 2.45) is 0 Å². The molecule has 1 aromatic rings. The van der Waals surface area contributed by atoms with Crippen LogP contribution in [-0.4, -0.2) is 91.5 Å². The van der Waals surface area contributed by atoms with Crippen LogP contribution >= 0.6 is 15.9 Å². The third-order valence-corrected chi connectivity index (χ3v) is 9.19. The fourth-order valence-corrected chi connectivity index (χ4v) is 7.24. The normalized spacial score (nSPS) is 22.7. The summed E-state index contributed by atoms with van der Waals surface area (Å²) < 4.78 is 28.2. The minimum absolute atomic E-state index is 0.0958. The maximum Gasteiger partial charge on any atom is 0.407 e. The first-order valence-electron chi connectivity index (χ1n) is 10.5. The second-order valence-electron chi connectivity index (χ2n) is 8.38. The van der Waals surface area contributed by atoms with Crippen LogP contribution in [0.3, 0.4) is 0 Å². The molecule has 1 unspecified atom stereocenters. The lowest BCUT2D eigenvalue weighted by molar-refractivity contribution is -0.120. The topological polar surface area (TPSA) is 101 Å². The lowest BCUT2D eigenvalue weighted by Gasteiger charge is -2.38. The van der Waals surface area contributed by atoms with E-state index < -0.39 is 16.1 Å². The Morgan fingerprint density at radius 1 is 1.13 bits per heavy atom. The molecule has 3 heterocycles. The van der Waals surface area contributed by atoms with Crippen molar-refractivity contribution in [1.82, 2.24) is 14.1 Å². The van der Waals surface area contributed by atoms with Crippen molar-refractivity contribution in [1.29, 1.82) is 0 Å². The van der Waals surface area contributed by atoms with Gasteiger partial charge >= 0.3 is 6.09 Å². The van der Waals surface area contributed by atoms with Crippen molar-refractivity contribution in [2.75, 3.05) is 50.7 Å². The van der Waals surface area contributed by atoms with Crippen molar-refractivity contribution < 1.29 is 23.1 Å². The van der Waals surface area contributed by atoms with Gasteiger partial charge < -0.3 is 14.9 Å². The Morgan fingerprint density at radius 2 is 1.84 bits per heavy atom. The predicted molar refractivity (Wildman–Crippen MR) is 119 cm³/mol. The van der Waals surface area contributed by atoms with Crippen LogP contribution in [0.2, 0.25) is 0 Å². The highest BCUT2D eigenvalue weighted by Gasteiger charge is 2.34. The number of halogens is 1. The summed E-state index contributed by atoms with van der Waals surface area (Å²) in [5, 5.41) is 9.23. The van der Waals surface area contributed by atoms with E-state index in [1.54, 1.807) is 11.0 Å². The zero-order chi connectivity index (χ0) is 22.3. The fourth-order valence-electron chi connectivity index (χ4n) is 4.65. The molecule has 2 saturated heterocycles. The molecule has 170 valence electrons. The van der Waals surface area contributed by atoms with Crippen molar-refractivity contribution in [2.45, 2.75) is 37.1 Å². The Labute approximate surface area is 190 Å². The summed E-state index contributed by atoms with van der Waals surface area (Å²) in [5.41, 5.74) is 1.60. The molecule has 31 heavy (non-hydrogen) atoms. The largest absolute Gasteiger partial charge is 0.465 e. The number of fused-ring (bicyclic) bond motifs is 1. The molecule has 0 aromatic heterocycles. The number of carbonyl (C=O) groups excluding carboxylic acids is 1. The second kappa shape index (κ2) is 8.68. The first kappa shape index (κ1) is 22.5. The lowest BCUT2D eigenvalue weighted by Crippen LogP contribution is -2.55. The van der Waals surface area contributed by atoms with Gasteiger partial charge in [0.15, 0.2) is 0 Å². The van der Waals surface area contributed by atoms with Gasteiger partial charge in [0.2, 0.25) is 15.9 Å². The van der Waals surface area contributed by atoms with Crippen molar-refractivity contribution >= 4 is 43.6 Å². The molecule has 1 aromatic carbocycles. The van der Waals surface area contributed by atoms with Crippen LogP contribution in [-0.2, 0) is 21.2 Å². The zero-order valence-electron chi connectivity index (χ0n) is 17.5. The average molecular weight is 515 g/mol. The van der Waals surface area contributed by atoms with E-state index >= 15 is 0 Å². The third-order valence-electron chi connectivity index (χ3n) is 6.33. The van der Waals surface area contributed by atoms with Gasteiger partial charge in [-0.25, -0.2) is 13.2 Å². The zero-order valence-corrected chi connectivity index (χ0v) is 19.9. The Morgan fingerprint density at radius 3 is 2.48 bits per heavy atom. The smallest absolute Gasteiger partial charge is 0.407 e. The van der Waals surface area contributed by atoms with Gasteiger partial charge in [-0.1, -0.05) is 0 Å². The lowest BCUT2D eigenvalue weighted by atomic mass is 10.2. The Kier molecular flexibility index (Phi) is 6.30. The van der Waals surface area contributed by atoms with E-state index in [1.165, 1.54) is 9.21 Å². The summed E-state index contributed by atoms with van der Waals surface area (Å²) in [4.78, 5) is 29.6. The number of hydrogen-bond acceptors (Lipinski definition) is 5. The van der Waals surface area contributed by atoms with Crippen LogP contribution in [0.15, 0.2) is 21.5 Å². The maximum absolute atomic E-state index is 13.1. The predicted octanol–water partition coefficient (Wildman–Crippen LogP) is 1.81. The van der Waals surface area contributed by atoms with Crippen LogP contribution in [0, 0.1) is 0 Å². The van der Waals surface area contributed by atoms with Gasteiger partial charge in [0, 0.05) is 55.5 Å². The van der Waals surface area contributed by atoms with E-state index in [0.29, 0.717) is 55.8 Å². The van der Waals surface area contributed by atoms with Crippen molar-refractivity contribution in [3.8, 4) is 0 Å². The van der Waals surface area contributed by atoms with E-state index in [2.05, 4.69) is 15.9 Å². The summed E-state index contributed by atoms with van der Waals surface area (Å²) in [6.45, 7) is 4.93. The number of piperazine rings is 1. The summed E-state index contributed by atoms with van der Waals surface area (Å²) in [7, 11) is -3.61. The molecule has 0 bridgehead atoms. The average Bonchev–Trinajstić information content (AvgIpc) is 3.37. The summed E-state index contributed by atoms with van der Waals surface area (Å²) in [6, 6.07) is 3.26. The SMILES string of the molecule is CC1CN(CC(=O)N2CCc3cc(Br)c(S(=O)(=O)N4CCCC4)cc32)CCN1C(=O)O. The highest BCUT2D eigenvalue weighted by molar-refractivity contribution is 9.10. The number of sulfonamides is 1. The Balaban J connectivity index is 1.51. The molecule has 1 atom stereocenters. The summed E-state index contributed by atoms with van der Waals surface area (Å²) in [6.07, 6.45) is 1.46. The van der Waals surface area contributed by atoms with Crippen LogP contribution < -0.4 is 4.90 Å². The van der Waals surface area contributed by atoms with E-state index in [0.717, 1.165) is 18.4 Å². The monoisotopic (exact) mass is 514 g/mol. The van der Waals surface area contributed by atoms with Gasteiger partial charge in [-0.15, -0.1) is 0 Å². The van der Waals surface area contributed by atoms with Crippen LogP contribution in [0.25, 0.3) is 0 Å². The molecule has 2 amide bonds. The first-order chi connectivity index (χ1) is 14.7. The Hall–Kier alpha value is -1.69. The molecular formula is C20H27BrN4O5S. The molecule has 11 heteroatoms. The molecule has 0 saturated carbocycles. The van der Waals surface area contributed by atoms with Gasteiger partial charge in [0.05, 0.1) is 11.4 Å². The molecule has 9 nitrogen and oxygen atoms in total. The van der Waals surface area contributed by atoms with Gasteiger partial charge in [-0.05, 0) is 59.8 Å². The van der Waals surface area contributed by atoms with Crippen molar-refractivity contribution in [3.63, 3.8) is 0 Å². The van der Waals surface area contributed by atoms with Crippen LogP contribution in [0.5, 0.6) is 0 Å². The standard InChI is InChI=1S/C20H27BrN4O5S/c1-14-12-22(8-9-24(14)20(27)28)13-19(26)25-7-4-15-10-16(21)18(11-17(15)25)31(29,30)23-5-2-3-6-23/h10-11,14H,2-9,12-13H2,1H3,(H,27,28). The number of anilines is 1. The number of carboxylic acid groups (broad SMARTS) is 1. The molecule has 4 rings (SSSR count). The molecule has 2 fully saturated rings. The maximum atomic E-state index is 13.1. The minimum Gasteiger partial charge on any atom is -0.465 e. The molecule has 0 radical (unpaired) electrons. The molecule has 0 spiro atoms. The van der Waals surface area contributed by atoms with Gasteiger partial charge in [0.25, 0.3) is 0 Å². The number of amides is 2. The minimum atomic E-state index is -3.61. The van der Waals surface area contributed by atoms with Gasteiger partial charge in [-0.3, -0.25) is 9.69 Å². The molecule has 1 N–H and O–H groups in total. The van der Waals surface area contributed by atoms with Crippen molar-refractivity contribution in [3.05, 3.63) is 22.2 Å². The summed E-state index contributed by atoms with van der Waals surface area (Å²) in [5.74, 6) is -0.0958. The van der Waals surface area contributed by atoms with Gasteiger partial charge in [-0.2, -0.15) is 4.31 Å². The van der Waals surface area contributed by atoms with E-state index in [4.69, 9.17) is 0 Å². The number of carbonyl (C=O) groups is 2.